The number of alkyl halides is 5. The van der Waals surface area contributed by atoms with E-state index in [0.717, 1.165) is 36.9 Å². The van der Waals surface area contributed by atoms with E-state index in [4.69, 9.17) is 9.26 Å². The van der Waals surface area contributed by atoms with Crippen molar-refractivity contribution >= 4 is 11.6 Å². The molecule has 2 fully saturated rings. The summed E-state index contributed by atoms with van der Waals surface area (Å²) in [6, 6.07) is 1.03. The van der Waals surface area contributed by atoms with Crippen LogP contribution in [0.5, 0.6) is 5.75 Å². The predicted octanol–water partition coefficient (Wildman–Crippen LogP) is 3.61. The van der Waals surface area contributed by atoms with Crippen molar-refractivity contribution in [3.8, 4) is 5.75 Å². The first kappa shape index (κ1) is 23.2. The third kappa shape index (κ3) is 4.71. The summed E-state index contributed by atoms with van der Waals surface area (Å²) in [5.41, 5.74) is -1.26. The van der Waals surface area contributed by atoms with Gasteiger partial charge in [-0.1, -0.05) is 5.16 Å². The molecule has 1 N–H and O–H groups in total. The van der Waals surface area contributed by atoms with E-state index in [2.05, 4.69) is 20.4 Å². The number of carbonyl (C=O) groups excluding carboxylic acids is 1. The van der Waals surface area contributed by atoms with Crippen LogP contribution >= 0.6 is 0 Å². The van der Waals surface area contributed by atoms with Crippen LogP contribution in [0, 0.1) is 12.8 Å². The quantitative estimate of drug-likeness (QED) is 0.612. The number of carbonyl (C=O) groups is 1. The molecule has 0 spiro atoms. The maximum absolute atomic E-state index is 13.3. The molecule has 2 atom stereocenters. The molecule has 2 aromatic heterocycles. The minimum absolute atomic E-state index is 0.0435. The number of rotatable bonds is 7. The largest absolute Gasteiger partial charge is 0.479 e. The number of nitrogens with one attached hydrogen (secondary N) is 1. The highest BCUT2D eigenvalue weighted by atomic mass is 19.4. The summed E-state index contributed by atoms with van der Waals surface area (Å²) in [4.78, 5) is 22.3. The molecule has 1 saturated carbocycles. The van der Waals surface area contributed by atoms with Crippen molar-refractivity contribution in [2.45, 2.75) is 57.4 Å². The van der Waals surface area contributed by atoms with E-state index < -0.39 is 42.7 Å². The van der Waals surface area contributed by atoms with Gasteiger partial charge in [-0.3, -0.25) is 4.79 Å². The highest BCUT2D eigenvalue weighted by Crippen LogP contribution is 2.45. The van der Waals surface area contributed by atoms with Crippen molar-refractivity contribution < 1.29 is 36.0 Å². The number of amides is 1. The first-order chi connectivity index (χ1) is 15.3. The molecule has 8 nitrogen and oxygen atoms in total. The van der Waals surface area contributed by atoms with Crippen LogP contribution in [0.25, 0.3) is 0 Å². The molecular weight excluding hydrogens is 453 g/mol. The van der Waals surface area contributed by atoms with Gasteiger partial charge in [0, 0.05) is 13.0 Å². The third-order valence-corrected chi connectivity index (χ3v) is 5.79. The summed E-state index contributed by atoms with van der Waals surface area (Å²) < 4.78 is 75.9. The monoisotopic (exact) mass is 475 g/mol. The second-order valence-corrected chi connectivity index (χ2v) is 8.62. The Morgan fingerprint density at radius 2 is 2.00 bits per heavy atom. The molecule has 33 heavy (non-hydrogen) atoms. The minimum atomic E-state index is -4.69. The minimum Gasteiger partial charge on any atom is -0.479 e. The van der Waals surface area contributed by atoms with Gasteiger partial charge in [0.05, 0.1) is 25.0 Å². The summed E-state index contributed by atoms with van der Waals surface area (Å²) >= 11 is 0. The van der Waals surface area contributed by atoms with Crippen molar-refractivity contribution in [3.63, 3.8) is 0 Å². The number of halogens is 5. The molecule has 1 amide bonds. The Bertz CT molecular complexity index is 1050. The van der Waals surface area contributed by atoms with Crippen LogP contribution in [0.4, 0.5) is 27.6 Å². The maximum atomic E-state index is 13.3. The van der Waals surface area contributed by atoms with Crippen LogP contribution in [-0.4, -0.2) is 52.3 Å². The number of ether oxygens (including phenoxy) is 1. The highest BCUT2D eigenvalue weighted by Gasteiger charge is 2.48. The molecule has 3 heterocycles. The average molecular weight is 475 g/mol. The van der Waals surface area contributed by atoms with Gasteiger partial charge in [0.1, 0.15) is 17.0 Å². The van der Waals surface area contributed by atoms with Crippen LogP contribution in [0.2, 0.25) is 0 Å². The molecule has 2 aliphatic rings. The Morgan fingerprint density at radius 3 is 2.52 bits per heavy atom. The highest BCUT2D eigenvalue weighted by molar-refractivity contribution is 5.93. The first-order valence-corrected chi connectivity index (χ1v) is 10.3. The fraction of sp³-hybridized carbons (Fsp3) is 0.600. The molecule has 1 aliphatic carbocycles. The number of hydrogen-bond acceptors (Lipinski definition) is 7. The zero-order valence-electron chi connectivity index (χ0n) is 18.0. The van der Waals surface area contributed by atoms with Gasteiger partial charge in [-0.25, -0.2) is 13.8 Å². The lowest BCUT2D eigenvalue weighted by atomic mass is 9.94. The molecule has 1 aliphatic heterocycles. The van der Waals surface area contributed by atoms with Crippen molar-refractivity contribution in [2.24, 2.45) is 5.92 Å². The molecule has 0 aromatic carbocycles. The fourth-order valence-corrected chi connectivity index (χ4v) is 3.64. The second kappa shape index (κ2) is 7.80. The number of nitrogens with zero attached hydrogens (tertiary/aromatic N) is 4. The first-order valence-electron chi connectivity index (χ1n) is 10.3. The van der Waals surface area contributed by atoms with E-state index in [1.165, 1.54) is 0 Å². The van der Waals surface area contributed by atoms with Crippen LogP contribution < -0.4 is 15.0 Å². The van der Waals surface area contributed by atoms with E-state index in [1.54, 1.807) is 13.8 Å². The number of pyridine rings is 1. The summed E-state index contributed by atoms with van der Waals surface area (Å²) in [6.45, 7) is 2.75. The van der Waals surface area contributed by atoms with Crippen LogP contribution in [0.15, 0.2) is 16.8 Å². The maximum Gasteiger partial charge on any atom is 0.425 e. The SMILES string of the molecule is Cc1nc(C(C)(NC(=O)c2cc(O[C@@H](C)C(F)(F)F)c(N3CC(F)(F)C3)cn2)C2CC2)no1. The normalized spacial score (nSPS) is 20.5. The van der Waals surface area contributed by atoms with Crippen LogP contribution in [-0.2, 0) is 5.54 Å². The molecule has 1 unspecified atom stereocenters. The number of hydrogen-bond donors (Lipinski definition) is 1. The van der Waals surface area contributed by atoms with E-state index >= 15 is 0 Å². The molecule has 0 bridgehead atoms. The number of aromatic nitrogens is 3. The van der Waals surface area contributed by atoms with Crippen LogP contribution in [0.3, 0.4) is 0 Å². The summed E-state index contributed by atoms with van der Waals surface area (Å²) in [5.74, 6) is -3.38. The lowest BCUT2D eigenvalue weighted by molar-refractivity contribution is -0.189. The van der Waals surface area contributed by atoms with E-state index in [-0.39, 0.29) is 28.9 Å². The molecule has 0 radical (unpaired) electrons. The van der Waals surface area contributed by atoms with Gasteiger partial charge < -0.3 is 19.5 Å². The Hall–Kier alpha value is -2.99. The van der Waals surface area contributed by atoms with Crippen molar-refractivity contribution in [2.75, 3.05) is 18.0 Å². The fourth-order valence-electron chi connectivity index (χ4n) is 3.64. The van der Waals surface area contributed by atoms with Gasteiger partial charge in [0.2, 0.25) is 5.89 Å². The van der Waals surface area contributed by atoms with Gasteiger partial charge in [-0.2, -0.15) is 18.2 Å². The van der Waals surface area contributed by atoms with Gasteiger partial charge in [0.25, 0.3) is 11.8 Å². The zero-order valence-corrected chi connectivity index (χ0v) is 18.0. The van der Waals surface area contributed by atoms with E-state index in [1.807, 2.05) is 0 Å². The van der Waals surface area contributed by atoms with Gasteiger partial charge in [-0.05, 0) is 32.6 Å². The van der Waals surface area contributed by atoms with Crippen molar-refractivity contribution in [3.05, 3.63) is 29.7 Å². The summed E-state index contributed by atoms with van der Waals surface area (Å²) in [6.07, 6.45) is -4.22. The van der Waals surface area contributed by atoms with E-state index in [9.17, 15) is 26.7 Å². The molecule has 2 aromatic rings. The molecule has 1 saturated heterocycles. The molecule has 13 heteroatoms. The molecule has 4 rings (SSSR count). The topological polar surface area (TPSA) is 93.4 Å². The lowest BCUT2D eigenvalue weighted by Crippen LogP contribution is -2.56. The van der Waals surface area contributed by atoms with Crippen molar-refractivity contribution in [1.29, 1.82) is 0 Å². The van der Waals surface area contributed by atoms with E-state index in [0.29, 0.717) is 5.89 Å². The van der Waals surface area contributed by atoms with Gasteiger partial charge in [0.15, 0.2) is 11.9 Å². The Balaban J connectivity index is 1.61. The smallest absolute Gasteiger partial charge is 0.425 e. The number of aryl methyl sites for hydroxylation is 1. The standard InChI is InChI=1S/C20H22F5N5O3/c1-10(20(23,24)25)32-15-6-13(26-7-14(15)30-8-19(21,22)9-30)16(31)28-18(3,12-4-5-12)17-27-11(2)33-29-17/h6-7,10,12H,4-5,8-9H2,1-3H3,(H,28,31)/t10-,18?/m0/s1. The average Bonchev–Trinajstić information content (AvgIpc) is 3.46. The Labute approximate surface area is 185 Å². The summed E-state index contributed by atoms with van der Waals surface area (Å²) in [5, 5.41) is 6.70. The lowest BCUT2D eigenvalue weighted by Gasteiger charge is -2.41. The van der Waals surface area contributed by atoms with Crippen LogP contribution in [0.1, 0.15) is 48.9 Å². The number of anilines is 1. The van der Waals surface area contributed by atoms with Crippen molar-refractivity contribution in [1.82, 2.24) is 20.4 Å². The Kier molecular flexibility index (Phi) is 5.48. The Morgan fingerprint density at radius 1 is 1.33 bits per heavy atom. The molecular formula is C20H22F5N5O3. The molecule has 180 valence electrons. The van der Waals surface area contributed by atoms with Gasteiger partial charge in [-0.15, -0.1) is 0 Å². The predicted molar refractivity (Wildman–Crippen MR) is 104 cm³/mol. The zero-order chi connectivity index (χ0) is 24.2. The summed E-state index contributed by atoms with van der Waals surface area (Å²) in [7, 11) is 0. The second-order valence-electron chi connectivity index (χ2n) is 8.62. The van der Waals surface area contributed by atoms with Gasteiger partial charge >= 0.3 is 6.18 Å². The third-order valence-electron chi connectivity index (χ3n) is 5.79.